The van der Waals surface area contributed by atoms with Crippen LogP contribution in [0.3, 0.4) is 0 Å². The summed E-state index contributed by atoms with van der Waals surface area (Å²) in [7, 11) is 2.11. The minimum Gasteiger partial charge on any atom is -0.444 e. The highest BCUT2D eigenvalue weighted by Gasteiger charge is 2.17. The Morgan fingerprint density at radius 3 is 2.60 bits per heavy atom. The Kier molecular flexibility index (Phi) is 6.11. The number of aryl methyl sites for hydroxylation is 2. The van der Waals surface area contributed by atoms with Crippen molar-refractivity contribution in [1.29, 1.82) is 0 Å². The van der Waals surface area contributed by atoms with E-state index in [0.717, 1.165) is 19.5 Å². The second kappa shape index (κ2) is 7.91. The molecule has 138 valence electrons. The molecule has 1 atom stereocenters. The van der Waals surface area contributed by atoms with Crippen LogP contribution in [0.1, 0.15) is 45.4 Å². The van der Waals surface area contributed by atoms with Crippen molar-refractivity contribution in [3.8, 4) is 0 Å². The van der Waals surface area contributed by atoms with Crippen molar-refractivity contribution in [2.45, 2.75) is 59.2 Å². The van der Waals surface area contributed by atoms with Crippen LogP contribution in [-0.2, 0) is 18.3 Å². The highest BCUT2D eigenvalue weighted by molar-refractivity contribution is 5.85. The highest BCUT2D eigenvalue weighted by Crippen LogP contribution is 2.24. The first-order valence-corrected chi connectivity index (χ1v) is 8.92. The average molecular weight is 345 g/mol. The first-order valence-electron chi connectivity index (χ1n) is 8.92. The number of aromatic nitrogens is 1. The van der Waals surface area contributed by atoms with Crippen LogP contribution in [0.15, 0.2) is 24.3 Å². The minimum absolute atomic E-state index is 0.0657. The Balaban J connectivity index is 1.81. The molecule has 0 spiro atoms. The van der Waals surface area contributed by atoms with Crippen molar-refractivity contribution in [3.05, 3.63) is 35.5 Å². The number of carbonyl (C=O) groups excluding carboxylic acids is 1. The van der Waals surface area contributed by atoms with Gasteiger partial charge in [0.15, 0.2) is 0 Å². The molecule has 5 nitrogen and oxygen atoms in total. The standard InChI is InChI=1S/C20H31N3O2/c1-14(22-19(24)25-20(3,4)5)11-12-21-13-18-15(2)16-9-7-8-10-17(16)23(18)6/h7-10,14,21H,11-13H2,1-6H3,(H,22,24). The Morgan fingerprint density at radius 2 is 1.96 bits per heavy atom. The Labute approximate surface area is 150 Å². The number of benzene rings is 1. The van der Waals surface area contributed by atoms with Gasteiger partial charge >= 0.3 is 6.09 Å². The van der Waals surface area contributed by atoms with Crippen LogP contribution in [0.5, 0.6) is 0 Å². The summed E-state index contributed by atoms with van der Waals surface area (Å²) in [6, 6.07) is 8.54. The topological polar surface area (TPSA) is 55.3 Å². The molecule has 2 N–H and O–H groups in total. The molecular formula is C20H31N3O2. The van der Waals surface area contributed by atoms with Gasteiger partial charge < -0.3 is 19.9 Å². The minimum atomic E-state index is -0.464. The first-order chi connectivity index (χ1) is 11.7. The van der Waals surface area contributed by atoms with E-state index in [1.54, 1.807) is 0 Å². The van der Waals surface area contributed by atoms with E-state index >= 15 is 0 Å². The summed E-state index contributed by atoms with van der Waals surface area (Å²) < 4.78 is 7.53. The average Bonchev–Trinajstić information content (AvgIpc) is 2.74. The predicted molar refractivity (Wildman–Crippen MR) is 103 cm³/mol. The number of rotatable bonds is 6. The van der Waals surface area contributed by atoms with Gasteiger partial charge in [0, 0.05) is 36.2 Å². The van der Waals surface area contributed by atoms with Crippen molar-refractivity contribution in [1.82, 2.24) is 15.2 Å². The second-order valence-corrected chi connectivity index (χ2v) is 7.66. The van der Waals surface area contributed by atoms with Crippen LogP contribution in [0.2, 0.25) is 0 Å². The van der Waals surface area contributed by atoms with Crippen molar-refractivity contribution in [2.75, 3.05) is 6.54 Å². The van der Waals surface area contributed by atoms with Crippen molar-refractivity contribution < 1.29 is 9.53 Å². The number of ether oxygens (including phenoxy) is 1. The summed E-state index contributed by atoms with van der Waals surface area (Å²) >= 11 is 0. The molecule has 0 bridgehead atoms. The largest absolute Gasteiger partial charge is 0.444 e. The number of para-hydroxylation sites is 1. The van der Waals surface area contributed by atoms with E-state index in [-0.39, 0.29) is 12.1 Å². The number of nitrogens with one attached hydrogen (secondary N) is 2. The quantitative estimate of drug-likeness (QED) is 0.781. The van der Waals surface area contributed by atoms with Gasteiger partial charge in [-0.1, -0.05) is 18.2 Å². The fourth-order valence-corrected chi connectivity index (χ4v) is 2.99. The lowest BCUT2D eigenvalue weighted by Gasteiger charge is -2.22. The third-order valence-electron chi connectivity index (χ3n) is 4.32. The van der Waals surface area contributed by atoms with Gasteiger partial charge in [-0.2, -0.15) is 0 Å². The van der Waals surface area contributed by atoms with Crippen LogP contribution >= 0.6 is 0 Å². The van der Waals surface area contributed by atoms with Crippen molar-refractivity contribution in [3.63, 3.8) is 0 Å². The highest BCUT2D eigenvalue weighted by atomic mass is 16.6. The molecule has 1 unspecified atom stereocenters. The van der Waals surface area contributed by atoms with Crippen LogP contribution in [0.25, 0.3) is 10.9 Å². The zero-order chi connectivity index (χ0) is 18.6. The summed E-state index contributed by atoms with van der Waals surface area (Å²) in [5, 5.41) is 7.66. The molecule has 1 aromatic carbocycles. The molecule has 0 fully saturated rings. The van der Waals surface area contributed by atoms with Gasteiger partial charge in [0.25, 0.3) is 0 Å². The number of alkyl carbamates (subject to hydrolysis) is 1. The molecule has 0 aliphatic rings. The molecule has 5 heteroatoms. The third-order valence-corrected chi connectivity index (χ3v) is 4.32. The van der Waals surface area contributed by atoms with Crippen LogP contribution < -0.4 is 10.6 Å². The molecule has 0 saturated carbocycles. The van der Waals surface area contributed by atoms with E-state index in [2.05, 4.69) is 53.4 Å². The van der Waals surface area contributed by atoms with Crippen molar-refractivity contribution in [2.24, 2.45) is 7.05 Å². The van der Waals surface area contributed by atoms with Crippen molar-refractivity contribution >= 4 is 17.0 Å². The molecule has 1 aromatic heterocycles. The molecule has 0 saturated heterocycles. The van der Waals surface area contributed by atoms with Crippen LogP contribution in [0.4, 0.5) is 4.79 Å². The molecule has 0 radical (unpaired) electrons. The maximum atomic E-state index is 11.8. The van der Waals surface area contributed by atoms with E-state index in [1.807, 2.05) is 27.7 Å². The lowest BCUT2D eigenvalue weighted by molar-refractivity contribution is 0.0506. The fourth-order valence-electron chi connectivity index (χ4n) is 2.99. The van der Waals surface area contributed by atoms with Gasteiger partial charge in [0.05, 0.1) is 0 Å². The second-order valence-electron chi connectivity index (χ2n) is 7.66. The Bertz CT molecular complexity index is 689. The van der Waals surface area contributed by atoms with E-state index < -0.39 is 5.60 Å². The molecule has 1 heterocycles. The normalized spacial score (nSPS) is 13.0. The molecule has 1 amide bonds. The fraction of sp³-hybridized carbons (Fsp3) is 0.550. The van der Waals surface area contributed by atoms with E-state index in [4.69, 9.17) is 4.74 Å². The van der Waals surface area contributed by atoms with Gasteiger partial charge in [-0.05, 0) is 59.2 Å². The maximum Gasteiger partial charge on any atom is 0.407 e. The number of hydrogen-bond acceptors (Lipinski definition) is 3. The van der Waals surface area contributed by atoms with Gasteiger partial charge in [0.2, 0.25) is 0 Å². The van der Waals surface area contributed by atoms with E-state index in [9.17, 15) is 4.79 Å². The molecule has 2 aromatic rings. The zero-order valence-corrected chi connectivity index (χ0v) is 16.3. The van der Waals surface area contributed by atoms with Gasteiger partial charge in [-0.25, -0.2) is 4.79 Å². The monoisotopic (exact) mass is 345 g/mol. The molecular weight excluding hydrogens is 314 g/mol. The summed E-state index contributed by atoms with van der Waals surface area (Å²) in [6.07, 6.45) is 0.493. The van der Waals surface area contributed by atoms with E-state index in [1.165, 1.54) is 22.2 Å². The molecule has 0 aliphatic heterocycles. The van der Waals surface area contributed by atoms with Crippen LogP contribution in [-0.4, -0.2) is 28.8 Å². The third kappa shape index (κ3) is 5.23. The maximum absolute atomic E-state index is 11.8. The number of carbonyl (C=O) groups is 1. The predicted octanol–water partition coefficient (Wildman–Crippen LogP) is 3.88. The van der Waals surface area contributed by atoms with Gasteiger partial charge in [-0.15, -0.1) is 0 Å². The summed E-state index contributed by atoms with van der Waals surface area (Å²) in [5.74, 6) is 0. The van der Waals surface area contributed by atoms with Gasteiger partial charge in [0.1, 0.15) is 5.60 Å². The Hall–Kier alpha value is -2.01. The smallest absolute Gasteiger partial charge is 0.407 e. The van der Waals surface area contributed by atoms with Crippen LogP contribution in [0, 0.1) is 6.92 Å². The molecule has 0 aliphatic carbocycles. The molecule has 2 rings (SSSR count). The Morgan fingerprint density at radius 1 is 1.28 bits per heavy atom. The van der Waals surface area contributed by atoms with Gasteiger partial charge in [-0.3, -0.25) is 0 Å². The first kappa shape index (κ1) is 19.3. The lowest BCUT2D eigenvalue weighted by atomic mass is 10.1. The number of nitrogens with zero attached hydrogens (tertiary/aromatic N) is 1. The number of amides is 1. The molecule has 25 heavy (non-hydrogen) atoms. The zero-order valence-electron chi connectivity index (χ0n) is 16.3. The number of fused-ring (bicyclic) bond motifs is 1. The summed E-state index contributed by atoms with van der Waals surface area (Å²) in [4.78, 5) is 11.8. The summed E-state index contributed by atoms with van der Waals surface area (Å²) in [5.41, 5.74) is 3.42. The SMILES string of the molecule is Cc1c(CNCCC(C)NC(=O)OC(C)(C)C)n(C)c2ccccc12. The number of hydrogen-bond donors (Lipinski definition) is 2. The lowest BCUT2D eigenvalue weighted by Crippen LogP contribution is -2.39. The summed E-state index contributed by atoms with van der Waals surface area (Å²) in [6.45, 7) is 11.4. The van der Waals surface area contributed by atoms with E-state index in [0.29, 0.717) is 0 Å².